The fourth-order valence-electron chi connectivity index (χ4n) is 3.88. The van der Waals surface area contributed by atoms with Crippen molar-refractivity contribution in [1.82, 2.24) is 10.3 Å². The van der Waals surface area contributed by atoms with Crippen molar-refractivity contribution in [3.05, 3.63) is 59.9 Å². The van der Waals surface area contributed by atoms with Crippen molar-refractivity contribution >= 4 is 21.6 Å². The van der Waals surface area contributed by atoms with Crippen LogP contribution in [0.2, 0.25) is 0 Å². The van der Waals surface area contributed by atoms with Gasteiger partial charge >= 0.3 is 0 Å². The molecule has 0 bridgehead atoms. The lowest BCUT2D eigenvalue weighted by molar-refractivity contribution is -0.130. The van der Waals surface area contributed by atoms with Crippen LogP contribution in [-0.4, -0.2) is 44.8 Å². The minimum Gasteiger partial charge on any atom is -0.367 e. The Morgan fingerprint density at radius 1 is 1.30 bits per heavy atom. The largest absolute Gasteiger partial charge is 0.367 e. The fraction of sp³-hybridized carbons (Fsp3) is 0.368. The Labute approximate surface area is 158 Å². The summed E-state index contributed by atoms with van der Waals surface area (Å²) in [7, 11) is -3.39. The Morgan fingerprint density at radius 3 is 2.78 bits per heavy atom. The van der Waals surface area contributed by atoms with E-state index in [1.54, 1.807) is 12.4 Å². The highest BCUT2D eigenvalue weighted by Crippen LogP contribution is 2.48. The number of rotatable bonds is 4. The minimum atomic E-state index is -3.39. The summed E-state index contributed by atoms with van der Waals surface area (Å²) in [5.41, 5.74) is 2.08. The lowest BCUT2D eigenvalue weighted by Crippen LogP contribution is -2.38. The number of pyridine rings is 1. The van der Waals surface area contributed by atoms with Crippen LogP contribution >= 0.6 is 0 Å². The molecule has 0 radical (unpaired) electrons. The van der Waals surface area contributed by atoms with Gasteiger partial charge in [0.1, 0.15) is 6.10 Å². The number of para-hydroxylation sites is 1. The number of carbonyl (C=O) groups excluding carboxylic acids is 1. The first-order valence-corrected chi connectivity index (χ1v) is 10.6. The van der Waals surface area contributed by atoms with Crippen molar-refractivity contribution in [2.45, 2.75) is 24.5 Å². The van der Waals surface area contributed by atoms with E-state index in [4.69, 9.17) is 4.74 Å². The van der Waals surface area contributed by atoms with Crippen LogP contribution in [0, 0.1) is 0 Å². The molecule has 1 N–H and O–H groups in total. The molecule has 2 aliphatic heterocycles. The summed E-state index contributed by atoms with van der Waals surface area (Å²) >= 11 is 0. The zero-order chi connectivity index (χ0) is 19.1. The van der Waals surface area contributed by atoms with Gasteiger partial charge in [-0.25, -0.2) is 8.42 Å². The number of anilines is 1. The monoisotopic (exact) mass is 387 g/mol. The first-order valence-electron chi connectivity index (χ1n) is 8.74. The number of sulfonamides is 1. The highest BCUT2D eigenvalue weighted by Gasteiger charge is 2.52. The van der Waals surface area contributed by atoms with Crippen molar-refractivity contribution in [2.75, 3.05) is 23.7 Å². The second kappa shape index (κ2) is 6.61. The average Bonchev–Trinajstić information content (AvgIpc) is 3.24. The molecule has 1 aromatic carbocycles. The van der Waals surface area contributed by atoms with E-state index in [0.29, 0.717) is 31.8 Å². The number of nitrogens with zero attached hydrogens (tertiary/aromatic N) is 2. The van der Waals surface area contributed by atoms with Gasteiger partial charge in [0, 0.05) is 30.9 Å². The Kier molecular flexibility index (Phi) is 4.39. The number of ether oxygens (including phenoxy) is 1. The molecular formula is C19H21N3O4S. The third-order valence-electron chi connectivity index (χ3n) is 5.24. The number of amides is 1. The summed E-state index contributed by atoms with van der Waals surface area (Å²) in [4.78, 5) is 16.5. The van der Waals surface area contributed by atoms with Crippen molar-refractivity contribution in [3.63, 3.8) is 0 Å². The van der Waals surface area contributed by atoms with Gasteiger partial charge in [0.2, 0.25) is 15.9 Å². The van der Waals surface area contributed by atoms with Crippen molar-refractivity contribution < 1.29 is 17.9 Å². The number of carbonyl (C=O) groups is 1. The predicted molar refractivity (Wildman–Crippen MR) is 101 cm³/mol. The molecule has 1 spiro atoms. The highest BCUT2D eigenvalue weighted by atomic mass is 32.2. The minimum absolute atomic E-state index is 0.182. The Hall–Kier alpha value is -2.45. The van der Waals surface area contributed by atoms with E-state index in [9.17, 15) is 13.2 Å². The summed E-state index contributed by atoms with van der Waals surface area (Å²) in [6.07, 6.45) is 4.42. The van der Waals surface area contributed by atoms with Gasteiger partial charge in [-0.15, -0.1) is 0 Å². The average molecular weight is 387 g/mol. The molecule has 4 rings (SSSR count). The van der Waals surface area contributed by atoms with Crippen LogP contribution in [0.3, 0.4) is 0 Å². The summed E-state index contributed by atoms with van der Waals surface area (Å²) in [6.45, 7) is 1.03. The maximum Gasteiger partial charge on any atom is 0.249 e. The van der Waals surface area contributed by atoms with Gasteiger partial charge in [-0.05, 0) is 35.7 Å². The molecule has 1 amide bonds. The molecule has 0 saturated carbocycles. The topological polar surface area (TPSA) is 88.6 Å². The van der Waals surface area contributed by atoms with E-state index in [1.165, 1.54) is 10.6 Å². The van der Waals surface area contributed by atoms with Crippen molar-refractivity contribution in [2.24, 2.45) is 0 Å². The first-order chi connectivity index (χ1) is 12.9. The normalized spacial score (nSPS) is 24.2. The summed E-state index contributed by atoms with van der Waals surface area (Å²) in [6, 6.07) is 11.1. The van der Waals surface area contributed by atoms with Crippen LogP contribution in [0.1, 0.15) is 17.5 Å². The molecule has 27 heavy (non-hydrogen) atoms. The third-order valence-corrected chi connectivity index (χ3v) is 6.36. The van der Waals surface area contributed by atoms with E-state index in [2.05, 4.69) is 10.3 Å². The zero-order valence-electron chi connectivity index (χ0n) is 15.0. The molecule has 7 nitrogen and oxygen atoms in total. The van der Waals surface area contributed by atoms with E-state index in [1.807, 2.05) is 36.4 Å². The van der Waals surface area contributed by atoms with Crippen molar-refractivity contribution in [1.29, 1.82) is 0 Å². The number of hydrogen-bond donors (Lipinski definition) is 1. The number of hydrogen-bond acceptors (Lipinski definition) is 5. The Balaban J connectivity index is 1.51. The van der Waals surface area contributed by atoms with Gasteiger partial charge in [0.25, 0.3) is 0 Å². The molecule has 0 aliphatic carbocycles. The molecule has 1 aromatic heterocycles. The lowest BCUT2D eigenvalue weighted by Gasteiger charge is -2.23. The molecule has 2 aromatic rings. The smallest absolute Gasteiger partial charge is 0.249 e. The summed E-state index contributed by atoms with van der Waals surface area (Å²) < 4.78 is 31.7. The van der Waals surface area contributed by atoms with Crippen LogP contribution in [0.15, 0.2) is 48.8 Å². The van der Waals surface area contributed by atoms with E-state index < -0.39 is 21.5 Å². The zero-order valence-corrected chi connectivity index (χ0v) is 15.8. The standard InChI is InChI=1S/C19H21N3O4S/c1-27(24,25)22-12-19(15-4-2-3-5-16(15)22)10-17(26-13-19)18(23)21-11-14-6-8-20-9-7-14/h2-9,17H,10-13H2,1H3,(H,21,23). The summed E-state index contributed by atoms with van der Waals surface area (Å²) in [5, 5.41) is 2.89. The fourth-order valence-corrected chi connectivity index (χ4v) is 4.88. The van der Waals surface area contributed by atoms with Gasteiger partial charge in [0.05, 0.1) is 18.6 Å². The second-order valence-corrected chi connectivity index (χ2v) is 9.05. The van der Waals surface area contributed by atoms with Gasteiger partial charge in [-0.3, -0.25) is 14.1 Å². The van der Waals surface area contributed by atoms with Crippen LogP contribution in [0.25, 0.3) is 0 Å². The third kappa shape index (κ3) is 3.30. The molecule has 1 saturated heterocycles. The van der Waals surface area contributed by atoms with Gasteiger partial charge in [-0.2, -0.15) is 0 Å². The highest BCUT2D eigenvalue weighted by molar-refractivity contribution is 7.92. The van der Waals surface area contributed by atoms with Gasteiger partial charge in [0.15, 0.2) is 0 Å². The Morgan fingerprint density at radius 2 is 2.04 bits per heavy atom. The van der Waals surface area contributed by atoms with Crippen LogP contribution in [-0.2, 0) is 31.5 Å². The SMILES string of the molecule is CS(=O)(=O)N1CC2(COC(C(=O)NCc3ccncc3)C2)c2ccccc21. The van der Waals surface area contributed by atoms with Crippen LogP contribution in [0.5, 0.6) is 0 Å². The Bertz CT molecular complexity index is 964. The lowest BCUT2D eigenvalue weighted by atomic mass is 9.80. The molecule has 8 heteroatoms. The molecule has 2 atom stereocenters. The molecular weight excluding hydrogens is 366 g/mol. The van der Waals surface area contributed by atoms with Crippen LogP contribution < -0.4 is 9.62 Å². The van der Waals surface area contributed by atoms with Gasteiger partial charge < -0.3 is 10.1 Å². The van der Waals surface area contributed by atoms with E-state index in [-0.39, 0.29) is 5.91 Å². The number of benzene rings is 1. The second-order valence-electron chi connectivity index (χ2n) is 7.14. The summed E-state index contributed by atoms with van der Waals surface area (Å²) in [5.74, 6) is -0.182. The first kappa shape index (κ1) is 17.9. The maximum absolute atomic E-state index is 12.6. The number of fused-ring (bicyclic) bond motifs is 2. The van der Waals surface area contributed by atoms with E-state index in [0.717, 1.165) is 11.1 Å². The maximum atomic E-state index is 12.6. The molecule has 2 unspecified atom stereocenters. The quantitative estimate of drug-likeness (QED) is 0.852. The molecule has 142 valence electrons. The molecule has 3 heterocycles. The van der Waals surface area contributed by atoms with Gasteiger partial charge in [-0.1, -0.05) is 18.2 Å². The number of nitrogens with one attached hydrogen (secondary N) is 1. The number of aromatic nitrogens is 1. The van der Waals surface area contributed by atoms with E-state index >= 15 is 0 Å². The molecule has 1 fully saturated rings. The molecule has 2 aliphatic rings. The van der Waals surface area contributed by atoms with Crippen LogP contribution in [0.4, 0.5) is 5.69 Å². The predicted octanol–water partition coefficient (Wildman–Crippen LogP) is 1.20. The van der Waals surface area contributed by atoms with Crippen molar-refractivity contribution in [3.8, 4) is 0 Å².